The van der Waals surface area contributed by atoms with E-state index < -0.39 is 6.17 Å². The predicted molar refractivity (Wildman–Crippen MR) is 149 cm³/mol. The first-order valence-corrected chi connectivity index (χ1v) is 14.3. The number of H-pyrrole nitrogens is 1. The van der Waals surface area contributed by atoms with E-state index in [9.17, 15) is 9.50 Å². The number of fused-ring (bicyclic) bond motifs is 5. The summed E-state index contributed by atoms with van der Waals surface area (Å²) in [6, 6.07) is 10.5. The van der Waals surface area contributed by atoms with Crippen molar-refractivity contribution in [2.24, 2.45) is 0 Å². The summed E-state index contributed by atoms with van der Waals surface area (Å²) < 4.78 is 35.8. The lowest BCUT2D eigenvalue weighted by Gasteiger charge is -2.34. The molecule has 3 N–H and O–H groups in total. The number of aromatic amines is 1. The molecule has 2 unspecified atom stereocenters. The van der Waals surface area contributed by atoms with E-state index in [4.69, 9.17) is 14.7 Å². The van der Waals surface area contributed by atoms with Crippen LogP contribution in [-0.2, 0) is 0 Å². The molecule has 4 atom stereocenters. The molecule has 2 aromatic carbocycles. The number of aromatic hydroxyl groups is 1. The van der Waals surface area contributed by atoms with Gasteiger partial charge >= 0.3 is 0 Å². The molecule has 4 aromatic rings. The van der Waals surface area contributed by atoms with Gasteiger partial charge in [0.2, 0.25) is 5.88 Å². The number of hydrogen-bond acceptors (Lipinski definition) is 7. The Bertz CT molecular complexity index is 1620. The van der Waals surface area contributed by atoms with Crippen LogP contribution in [0.25, 0.3) is 33.2 Å². The van der Waals surface area contributed by atoms with Crippen molar-refractivity contribution in [2.45, 2.75) is 55.9 Å². The summed E-state index contributed by atoms with van der Waals surface area (Å²) in [5, 5.41) is 15.1. The van der Waals surface area contributed by atoms with Crippen LogP contribution in [-0.4, -0.2) is 81.5 Å². The first kappa shape index (κ1) is 24.3. The molecule has 40 heavy (non-hydrogen) atoms. The third kappa shape index (κ3) is 3.91. The monoisotopic (exact) mass is 546 g/mol. The van der Waals surface area contributed by atoms with Gasteiger partial charge in [-0.2, -0.15) is 4.98 Å². The second-order valence-corrected chi connectivity index (χ2v) is 12.0. The second kappa shape index (κ2) is 9.01. The second-order valence-electron chi connectivity index (χ2n) is 12.0. The Labute approximate surface area is 230 Å². The van der Waals surface area contributed by atoms with Crippen LogP contribution in [0.5, 0.6) is 11.6 Å². The summed E-state index contributed by atoms with van der Waals surface area (Å²) in [4.78, 5) is 17.8. The number of pyridine rings is 1. The van der Waals surface area contributed by atoms with Gasteiger partial charge in [0.15, 0.2) is 5.82 Å². The molecule has 4 fully saturated rings. The molecule has 208 valence electrons. The van der Waals surface area contributed by atoms with Crippen molar-refractivity contribution in [2.75, 3.05) is 37.7 Å². The Kier molecular flexibility index (Phi) is 5.47. The van der Waals surface area contributed by atoms with Crippen molar-refractivity contribution in [3.8, 4) is 23.0 Å². The molecule has 10 heteroatoms. The van der Waals surface area contributed by atoms with Gasteiger partial charge in [-0.1, -0.05) is 12.1 Å². The molecule has 0 aliphatic carbocycles. The van der Waals surface area contributed by atoms with Crippen LogP contribution >= 0.6 is 0 Å². The van der Waals surface area contributed by atoms with Gasteiger partial charge in [-0.05, 0) is 55.8 Å². The average Bonchev–Trinajstić information content (AvgIpc) is 3.68. The zero-order chi connectivity index (χ0) is 27.0. The predicted octanol–water partition coefficient (Wildman–Crippen LogP) is 4.52. The topological polar surface area (TPSA) is 89.5 Å². The van der Waals surface area contributed by atoms with E-state index in [-0.39, 0.29) is 17.1 Å². The number of alkyl halides is 1. The van der Waals surface area contributed by atoms with Gasteiger partial charge in [0.1, 0.15) is 35.7 Å². The molecular weight excluding hydrogens is 514 g/mol. The number of nitrogens with zero attached hydrogens (tertiary/aromatic N) is 4. The van der Waals surface area contributed by atoms with Crippen molar-refractivity contribution in [3.05, 3.63) is 42.2 Å². The highest BCUT2D eigenvalue weighted by atomic mass is 19.1. The van der Waals surface area contributed by atoms with Crippen LogP contribution in [0, 0.1) is 5.82 Å². The average molecular weight is 547 g/mol. The minimum Gasteiger partial charge on any atom is -0.508 e. The molecule has 8 rings (SSSR count). The summed E-state index contributed by atoms with van der Waals surface area (Å²) in [7, 11) is 0. The number of ether oxygens (including phenoxy) is 1. The largest absolute Gasteiger partial charge is 0.508 e. The number of benzene rings is 2. The molecule has 2 aromatic heterocycles. The summed E-state index contributed by atoms with van der Waals surface area (Å²) in [6.45, 7) is 3.40. The zero-order valence-electron chi connectivity index (χ0n) is 22.2. The fourth-order valence-electron chi connectivity index (χ4n) is 7.58. The fourth-order valence-corrected chi connectivity index (χ4v) is 7.58. The molecule has 0 radical (unpaired) electrons. The SMILES string of the molecule is Oc1cc(-c2nc3c(N4CC5CCC(C4)N5)nc(OC[C@@]45CCCN4C[C@H](F)C5)cc3[nH]2)c2c(F)cccc2c1. The van der Waals surface area contributed by atoms with Gasteiger partial charge in [0.25, 0.3) is 0 Å². The molecule has 2 bridgehead atoms. The Morgan fingerprint density at radius 1 is 1.10 bits per heavy atom. The maximum absolute atomic E-state index is 15.0. The summed E-state index contributed by atoms with van der Waals surface area (Å²) in [6.07, 6.45) is 3.91. The highest BCUT2D eigenvalue weighted by Crippen LogP contribution is 2.41. The van der Waals surface area contributed by atoms with Crippen molar-refractivity contribution in [1.29, 1.82) is 0 Å². The normalized spacial score (nSPS) is 28.1. The minimum absolute atomic E-state index is 0.0395. The number of nitrogens with one attached hydrogen (secondary N) is 2. The lowest BCUT2D eigenvalue weighted by atomic mass is 9.95. The lowest BCUT2D eigenvalue weighted by Crippen LogP contribution is -2.51. The van der Waals surface area contributed by atoms with E-state index in [0.717, 1.165) is 56.7 Å². The molecule has 4 aliphatic rings. The van der Waals surface area contributed by atoms with E-state index in [2.05, 4.69) is 20.1 Å². The summed E-state index contributed by atoms with van der Waals surface area (Å²) >= 11 is 0. The fraction of sp³-hybridized carbons (Fsp3) is 0.467. The van der Waals surface area contributed by atoms with Gasteiger partial charge in [-0.3, -0.25) is 4.90 Å². The number of halogens is 2. The number of piperazine rings is 1. The maximum atomic E-state index is 15.0. The summed E-state index contributed by atoms with van der Waals surface area (Å²) in [5.41, 5.74) is 1.62. The Hall–Kier alpha value is -3.50. The Morgan fingerprint density at radius 2 is 1.95 bits per heavy atom. The van der Waals surface area contributed by atoms with E-state index in [0.29, 0.717) is 65.2 Å². The molecule has 8 nitrogen and oxygen atoms in total. The minimum atomic E-state index is -0.820. The van der Waals surface area contributed by atoms with Crippen molar-refractivity contribution in [3.63, 3.8) is 0 Å². The number of hydrogen-bond donors (Lipinski definition) is 3. The zero-order valence-corrected chi connectivity index (χ0v) is 22.2. The van der Waals surface area contributed by atoms with Crippen molar-refractivity contribution >= 4 is 27.6 Å². The van der Waals surface area contributed by atoms with Crippen LogP contribution in [0.1, 0.15) is 32.1 Å². The van der Waals surface area contributed by atoms with Crippen molar-refractivity contribution < 1.29 is 18.6 Å². The van der Waals surface area contributed by atoms with Crippen LogP contribution in [0.2, 0.25) is 0 Å². The van der Waals surface area contributed by atoms with Gasteiger partial charge in [-0.15, -0.1) is 0 Å². The van der Waals surface area contributed by atoms with Crippen LogP contribution < -0.4 is 15.0 Å². The van der Waals surface area contributed by atoms with Crippen LogP contribution in [0.3, 0.4) is 0 Å². The van der Waals surface area contributed by atoms with E-state index >= 15 is 4.39 Å². The lowest BCUT2D eigenvalue weighted by molar-refractivity contribution is 0.111. The number of phenols is 1. The number of anilines is 1. The molecule has 0 spiro atoms. The summed E-state index contributed by atoms with van der Waals surface area (Å²) in [5.74, 6) is 1.32. The van der Waals surface area contributed by atoms with Gasteiger partial charge < -0.3 is 25.0 Å². The number of imidazole rings is 1. The molecule has 6 heterocycles. The van der Waals surface area contributed by atoms with E-state index in [1.54, 1.807) is 24.3 Å². The van der Waals surface area contributed by atoms with Crippen LogP contribution in [0.15, 0.2) is 36.4 Å². The molecule has 0 saturated carbocycles. The molecular formula is C30H32F2N6O2. The highest BCUT2D eigenvalue weighted by Gasteiger charge is 2.49. The number of rotatable bonds is 5. The Balaban J connectivity index is 1.22. The third-order valence-electron chi connectivity index (χ3n) is 9.36. The first-order chi connectivity index (χ1) is 19.4. The van der Waals surface area contributed by atoms with E-state index in [1.807, 2.05) is 6.07 Å². The molecule has 0 amide bonds. The third-order valence-corrected chi connectivity index (χ3v) is 9.36. The smallest absolute Gasteiger partial charge is 0.217 e. The number of aromatic nitrogens is 3. The standard InChI is InChI=1S/C30H32F2N6O2/c31-18-12-30(7-2-8-38(30)13-18)16-40-25-11-24-27(29(35-25)37-14-19-5-6-20(15-37)33-19)36-28(34-24)22-10-21(39)9-17-3-1-4-23(32)26(17)22/h1,3-4,9-11,18-20,33,39H,2,5-8,12-16H2,(H,34,36)/t18-,19?,20?,30+/m1/s1. The molecule has 4 saturated heterocycles. The van der Waals surface area contributed by atoms with Gasteiger partial charge in [0.05, 0.1) is 11.1 Å². The maximum Gasteiger partial charge on any atom is 0.217 e. The number of phenolic OH excluding ortho intramolecular Hbond substituents is 1. The molecule has 4 aliphatic heterocycles. The first-order valence-electron chi connectivity index (χ1n) is 14.3. The van der Waals surface area contributed by atoms with Gasteiger partial charge in [0, 0.05) is 55.2 Å². The van der Waals surface area contributed by atoms with Crippen LogP contribution in [0.4, 0.5) is 14.6 Å². The van der Waals surface area contributed by atoms with E-state index in [1.165, 1.54) is 6.07 Å². The Morgan fingerprint density at radius 3 is 2.80 bits per heavy atom. The quantitative estimate of drug-likeness (QED) is 0.339. The van der Waals surface area contributed by atoms with Gasteiger partial charge in [-0.25, -0.2) is 13.8 Å². The van der Waals surface area contributed by atoms with Crippen molar-refractivity contribution in [1.82, 2.24) is 25.2 Å². The highest BCUT2D eigenvalue weighted by molar-refractivity contribution is 5.99.